The lowest BCUT2D eigenvalue weighted by atomic mass is 9.99. The molecule has 1 aromatic rings. The van der Waals surface area contributed by atoms with Crippen molar-refractivity contribution in [2.24, 2.45) is 5.92 Å². The van der Waals surface area contributed by atoms with Crippen LogP contribution in [-0.4, -0.2) is 19.1 Å². The first-order valence-electron chi connectivity index (χ1n) is 8.40. The predicted molar refractivity (Wildman–Crippen MR) is 86.1 cm³/mol. The van der Waals surface area contributed by atoms with E-state index >= 15 is 0 Å². The molecule has 2 nitrogen and oxygen atoms in total. The normalized spacial score (nSPS) is 21.6. The van der Waals surface area contributed by atoms with Gasteiger partial charge >= 0.3 is 0 Å². The molecule has 0 bridgehead atoms. The number of benzene rings is 1. The molecule has 20 heavy (non-hydrogen) atoms. The SMILES string of the molecule is C[C@H](NCc1ccc(N2CCCC2)cc1)C1CCCC1. The molecule has 2 aliphatic rings. The Bertz CT molecular complexity index is 400. The van der Waals surface area contributed by atoms with Crippen LogP contribution in [0.3, 0.4) is 0 Å². The van der Waals surface area contributed by atoms with Crippen LogP contribution < -0.4 is 10.2 Å². The van der Waals surface area contributed by atoms with Crippen LogP contribution in [0.4, 0.5) is 5.69 Å². The van der Waals surface area contributed by atoms with E-state index in [0.29, 0.717) is 6.04 Å². The number of anilines is 1. The van der Waals surface area contributed by atoms with Crippen molar-refractivity contribution in [1.29, 1.82) is 0 Å². The van der Waals surface area contributed by atoms with Gasteiger partial charge < -0.3 is 10.2 Å². The lowest BCUT2D eigenvalue weighted by molar-refractivity contribution is 0.380. The first-order valence-corrected chi connectivity index (χ1v) is 8.40. The van der Waals surface area contributed by atoms with Crippen molar-refractivity contribution in [3.8, 4) is 0 Å². The Labute approximate surface area is 123 Å². The van der Waals surface area contributed by atoms with Gasteiger partial charge in [-0.15, -0.1) is 0 Å². The summed E-state index contributed by atoms with van der Waals surface area (Å²) in [5.41, 5.74) is 2.81. The van der Waals surface area contributed by atoms with Crippen molar-refractivity contribution in [3.63, 3.8) is 0 Å². The van der Waals surface area contributed by atoms with E-state index in [0.717, 1.165) is 12.5 Å². The van der Waals surface area contributed by atoms with Crippen molar-refractivity contribution in [2.75, 3.05) is 18.0 Å². The average Bonchev–Trinajstić information content (AvgIpc) is 3.18. The number of rotatable bonds is 5. The van der Waals surface area contributed by atoms with Gasteiger partial charge in [-0.1, -0.05) is 25.0 Å². The fraction of sp³-hybridized carbons (Fsp3) is 0.667. The molecule has 0 aromatic heterocycles. The monoisotopic (exact) mass is 272 g/mol. The lowest BCUT2D eigenvalue weighted by Gasteiger charge is -2.21. The fourth-order valence-electron chi connectivity index (χ4n) is 3.70. The highest BCUT2D eigenvalue weighted by Crippen LogP contribution is 2.27. The van der Waals surface area contributed by atoms with E-state index in [1.54, 1.807) is 0 Å². The summed E-state index contributed by atoms with van der Waals surface area (Å²) in [6.07, 6.45) is 8.40. The highest BCUT2D eigenvalue weighted by Gasteiger charge is 2.20. The summed E-state index contributed by atoms with van der Waals surface area (Å²) >= 11 is 0. The third-order valence-electron chi connectivity index (χ3n) is 5.14. The minimum atomic E-state index is 0.663. The van der Waals surface area contributed by atoms with Crippen molar-refractivity contribution in [3.05, 3.63) is 29.8 Å². The number of hydrogen-bond acceptors (Lipinski definition) is 2. The van der Waals surface area contributed by atoms with Gasteiger partial charge in [0, 0.05) is 31.4 Å². The average molecular weight is 272 g/mol. The van der Waals surface area contributed by atoms with E-state index in [4.69, 9.17) is 0 Å². The second-order valence-corrected chi connectivity index (χ2v) is 6.57. The van der Waals surface area contributed by atoms with E-state index in [-0.39, 0.29) is 0 Å². The molecule has 1 aliphatic heterocycles. The van der Waals surface area contributed by atoms with E-state index < -0.39 is 0 Å². The Morgan fingerprint density at radius 2 is 1.70 bits per heavy atom. The van der Waals surface area contributed by atoms with Gasteiger partial charge in [0.05, 0.1) is 0 Å². The van der Waals surface area contributed by atoms with Gasteiger partial charge in [-0.05, 0) is 56.2 Å². The molecule has 3 rings (SSSR count). The molecule has 0 unspecified atom stereocenters. The molecular formula is C18H28N2. The first kappa shape index (κ1) is 13.9. The molecule has 1 saturated heterocycles. The summed E-state index contributed by atoms with van der Waals surface area (Å²) in [5, 5.41) is 3.72. The Morgan fingerprint density at radius 3 is 2.35 bits per heavy atom. The van der Waals surface area contributed by atoms with Crippen LogP contribution in [0.25, 0.3) is 0 Å². The highest BCUT2D eigenvalue weighted by molar-refractivity contribution is 5.48. The maximum Gasteiger partial charge on any atom is 0.0366 e. The summed E-state index contributed by atoms with van der Waals surface area (Å²) in [6, 6.07) is 9.84. The summed E-state index contributed by atoms with van der Waals surface area (Å²) in [4.78, 5) is 2.50. The molecule has 2 fully saturated rings. The lowest BCUT2D eigenvalue weighted by Crippen LogP contribution is -2.31. The third kappa shape index (κ3) is 3.35. The summed E-state index contributed by atoms with van der Waals surface area (Å²) < 4.78 is 0. The quantitative estimate of drug-likeness (QED) is 0.873. The molecule has 1 saturated carbocycles. The minimum Gasteiger partial charge on any atom is -0.372 e. The Hall–Kier alpha value is -1.02. The maximum absolute atomic E-state index is 3.72. The summed E-state index contributed by atoms with van der Waals surface area (Å²) in [7, 11) is 0. The fourth-order valence-corrected chi connectivity index (χ4v) is 3.70. The van der Waals surface area contributed by atoms with Crippen molar-refractivity contribution < 1.29 is 0 Å². The highest BCUT2D eigenvalue weighted by atomic mass is 15.1. The van der Waals surface area contributed by atoms with Crippen molar-refractivity contribution >= 4 is 5.69 Å². The maximum atomic E-state index is 3.72. The molecular weight excluding hydrogens is 244 g/mol. The largest absolute Gasteiger partial charge is 0.372 e. The van der Waals surface area contributed by atoms with Crippen LogP contribution in [0.1, 0.15) is 51.0 Å². The third-order valence-corrected chi connectivity index (χ3v) is 5.14. The van der Waals surface area contributed by atoms with Crippen LogP contribution in [0.5, 0.6) is 0 Å². The standard InChI is InChI=1S/C18H28N2/c1-15(17-6-2-3-7-17)19-14-16-8-10-18(11-9-16)20-12-4-5-13-20/h8-11,15,17,19H,2-7,12-14H2,1H3/t15-/m0/s1. The number of nitrogens with zero attached hydrogens (tertiary/aromatic N) is 1. The van der Waals surface area contributed by atoms with E-state index in [1.165, 1.54) is 62.9 Å². The molecule has 1 N–H and O–H groups in total. The molecule has 0 spiro atoms. The smallest absolute Gasteiger partial charge is 0.0366 e. The molecule has 1 aliphatic carbocycles. The summed E-state index contributed by atoms with van der Waals surface area (Å²) in [6.45, 7) is 5.83. The Kier molecular flexibility index (Phi) is 4.62. The zero-order valence-corrected chi connectivity index (χ0v) is 12.8. The van der Waals surface area contributed by atoms with Gasteiger partial charge in [0.2, 0.25) is 0 Å². The van der Waals surface area contributed by atoms with Crippen LogP contribution in [0, 0.1) is 5.92 Å². The number of nitrogens with one attached hydrogen (secondary N) is 1. The molecule has 1 aromatic carbocycles. The van der Waals surface area contributed by atoms with Crippen LogP contribution in [0.2, 0.25) is 0 Å². The van der Waals surface area contributed by atoms with Gasteiger partial charge in [0.15, 0.2) is 0 Å². The van der Waals surface area contributed by atoms with Crippen LogP contribution in [0.15, 0.2) is 24.3 Å². The van der Waals surface area contributed by atoms with Crippen molar-refractivity contribution in [1.82, 2.24) is 5.32 Å². The molecule has 0 radical (unpaired) electrons. The van der Waals surface area contributed by atoms with Gasteiger partial charge in [0.25, 0.3) is 0 Å². The zero-order valence-electron chi connectivity index (χ0n) is 12.8. The van der Waals surface area contributed by atoms with Crippen LogP contribution in [-0.2, 0) is 6.54 Å². The molecule has 0 amide bonds. The van der Waals surface area contributed by atoms with Gasteiger partial charge in [-0.2, -0.15) is 0 Å². The molecule has 2 heteroatoms. The van der Waals surface area contributed by atoms with Crippen LogP contribution >= 0.6 is 0 Å². The minimum absolute atomic E-state index is 0.663. The topological polar surface area (TPSA) is 15.3 Å². The van der Waals surface area contributed by atoms with E-state index in [9.17, 15) is 0 Å². The molecule has 1 atom stereocenters. The van der Waals surface area contributed by atoms with E-state index in [2.05, 4.69) is 41.4 Å². The summed E-state index contributed by atoms with van der Waals surface area (Å²) in [5.74, 6) is 0.902. The number of hydrogen-bond donors (Lipinski definition) is 1. The molecule has 1 heterocycles. The van der Waals surface area contributed by atoms with Gasteiger partial charge in [-0.25, -0.2) is 0 Å². The Balaban J connectivity index is 1.50. The predicted octanol–water partition coefficient (Wildman–Crippen LogP) is 3.96. The molecule has 110 valence electrons. The van der Waals surface area contributed by atoms with Gasteiger partial charge in [-0.3, -0.25) is 0 Å². The van der Waals surface area contributed by atoms with Crippen molar-refractivity contribution in [2.45, 2.75) is 58.0 Å². The van der Waals surface area contributed by atoms with E-state index in [1.807, 2.05) is 0 Å². The zero-order chi connectivity index (χ0) is 13.8. The second kappa shape index (κ2) is 6.62. The second-order valence-electron chi connectivity index (χ2n) is 6.57. The Morgan fingerprint density at radius 1 is 1.05 bits per heavy atom. The van der Waals surface area contributed by atoms with Gasteiger partial charge in [0.1, 0.15) is 0 Å². The first-order chi connectivity index (χ1) is 9.83.